The molecule has 0 amide bonds. The van der Waals surface area contributed by atoms with E-state index in [2.05, 4.69) is 18.4 Å². The van der Waals surface area contributed by atoms with Crippen LogP contribution in [0.3, 0.4) is 0 Å². The van der Waals surface area contributed by atoms with Crippen molar-refractivity contribution >= 4 is 12.0 Å². The van der Waals surface area contributed by atoms with Crippen LogP contribution in [0.25, 0.3) is 6.08 Å². The molecule has 0 bridgehead atoms. The summed E-state index contributed by atoms with van der Waals surface area (Å²) < 4.78 is 12.7. The molecule has 2 aromatic rings. The van der Waals surface area contributed by atoms with E-state index >= 15 is 0 Å². The van der Waals surface area contributed by atoms with Crippen molar-refractivity contribution in [2.75, 3.05) is 7.11 Å². The van der Waals surface area contributed by atoms with Crippen molar-refractivity contribution in [3.63, 3.8) is 0 Å². The molecule has 0 saturated heterocycles. The molecule has 0 aliphatic heterocycles. The second-order valence-corrected chi connectivity index (χ2v) is 6.93. The fraction of sp³-hybridized carbons (Fsp3) is 0.364. The quantitative estimate of drug-likeness (QED) is 0.413. The Morgan fingerprint density at radius 3 is 2.67 bits per heavy atom. The van der Waals surface area contributed by atoms with Crippen LogP contribution in [0.5, 0.6) is 5.75 Å². The molecular formula is C22H26N2O3. The number of ether oxygens (including phenoxy) is 2. The second-order valence-electron chi connectivity index (χ2n) is 6.93. The van der Waals surface area contributed by atoms with Crippen molar-refractivity contribution in [2.45, 2.75) is 40.8 Å². The lowest BCUT2D eigenvalue weighted by Gasteiger charge is -2.12. The van der Waals surface area contributed by atoms with Gasteiger partial charge in [-0.25, -0.2) is 4.79 Å². The number of carbonyl (C=O) groups excluding carboxylic acids is 1. The van der Waals surface area contributed by atoms with Crippen molar-refractivity contribution in [3.05, 3.63) is 58.4 Å². The number of rotatable bonds is 7. The molecular weight excluding hydrogens is 340 g/mol. The minimum Gasteiger partial charge on any atom is -0.497 e. The van der Waals surface area contributed by atoms with Crippen molar-refractivity contribution in [3.8, 4) is 11.8 Å². The van der Waals surface area contributed by atoms with Gasteiger partial charge in [0.25, 0.3) is 0 Å². The Labute approximate surface area is 160 Å². The number of aryl methyl sites for hydroxylation is 1. The Balaban J connectivity index is 2.16. The molecule has 0 fully saturated rings. The maximum Gasteiger partial charge on any atom is 0.349 e. The predicted molar refractivity (Wildman–Crippen MR) is 105 cm³/mol. The van der Waals surface area contributed by atoms with E-state index in [4.69, 9.17) is 9.47 Å². The van der Waals surface area contributed by atoms with Gasteiger partial charge < -0.3 is 14.0 Å². The molecule has 0 radical (unpaired) electrons. The maximum absolute atomic E-state index is 12.3. The lowest BCUT2D eigenvalue weighted by atomic mass is 10.1. The van der Waals surface area contributed by atoms with Gasteiger partial charge in [0.1, 0.15) is 24.0 Å². The SMILES string of the molecule is COc1cccc(COC(=O)/C(C#N)=C/c2cc(C)n(CC(C)C)c2C)c1. The van der Waals surface area contributed by atoms with E-state index in [9.17, 15) is 10.1 Å². The Hall–Kier alpha value is -3.00. The first-order valence-corrected chi connectivity index (χ1v) is 8.94. The summed E-state index contributed by atoms with van der Waals surface area (Å²) in [5, 5.41) is 9.40. The van der Waals surface area contributed by atoms with Crippen LogP contribution in [0.1, 0.15) is 36.4 Å². The van der Waals surface area contributed by atoms with Gasteiger partial charge in [-0.05, 0) is 55.2 Å². The molecule has 0 aliphatic rings. The average Bonchev–Trinajstić information content (AvgIpc) is 2.91. The van der Waals surface area contributed by atoms with Crippen LogP contribution in [0.2, 0.25) is 0 Å². The normalized spacial score (nSPS) is 11.4. The maximum atomic E-state index is 12.3. The molecule has 2 rings (SSSR count). The molecule has 0 saturated carbocycles. The Kier molecular flexibility index (Phi) is 6.84. The third-order valence-electron chi connectivity index (χ3n) is 4.30. The van der Waals surface area contributed by atoms with Crippen molar-refractivity contribution in [2.24, 2.45) is 5.92 Å². The van der Waals surface area contributed by atoms with Crippen LogP contribution >= 0.6 is 0 Å². The highest BCUT2D eigenvalue weighted by Gasteiger charge is 2.15. The number of nitriles is 1. The van der Waals surface area contributed by atoms with E-state index in [1.807, 2.05) is 44.2 Å². The molecule has 0 atom stereocenters. The Morgan fingerprint density at radius 2 is 2.04 bits per heavy atom. The van der Waals surface area contributed by atoms with Gasteiger partial charge in [-0.15, -0.1) is 0 Å². The topological polar surface area (TPSA) is 64.2 Å². The summed E-state index contributed by atoms with van der Waals surface area (Å²) in [6.45, 7) is 9.32. The van der Waals surface area contributed by atoms with E-state index in [0.717, 1.165) is 29.1 Å². The molecule has 1 aromatic heterocycles. The first kappa shape index (κ1) is 20.3. The van der Waals surface area contributed by atoms with Crippen LogP contribution in [0, 0.1) is 31.1 Å². The fourth-order valence-electron chi connectivity index (χ4n) is 2.90. The summed E-state index contributed by atoms with van der Waals surface area (Å²) in [7, 11) is 1.58. The monoisotopic (exact) mass is 366 g/mol. The standard InChI is InChI=1S/C22H26N2O3/c1-15(2)13-24-16(3)9-19(17(24)4)11-20(12-23)22(25)27-14-18-7-6-8-21(10-18)26-5/h6-11,15H,13-14H2,1-5H3/b20-11+. The van der Waals surface area contributed by atoms with Gasteiger partial charge in [0.15, 0.2) is 0 Å². The first-order valence-electron chi connectivity index (χ1n) is 8.94. The second kappa shape index (κ2) is 9.09. The van der Waals surface area contributed by atoms with E-state index in [1.54, 1.807) is 19.3 Å². The lowest BCUT2D eigenvalue weighted by Crippen LogP contribution is -2.08. The molecule has 0 spiro atoms. The molecule has 0 unspecified atom stereocenters. The van der Waals surface area contributed by atoms with E-state index in [1.165, 1.54) is 0 Å². The number of hydrogen-bond donors (Lipinski definition) is 0. The smallest absolute Gasteiger partial charge is 0.349 e. The molecule has 142 valence electrons. The van der Waals surface area contributed by atoms with Gasteiger partial charge in [-0.3, -0.25) is 0 Å². The summed E-state index contributed by atoms with van der Waals surface area (Å²) in [6.07, 6.45) is 1.60. The predicted octanol–water partition coefficient (Wildman–Crippen LogP) is 4.42. The lowest BCUT2D eigenvalue weighted by molar-refractivity contribution is -0.139. The zero-order chi connectivity index (χ0) is 20.0. The van der Waals surface area contributed by atoms with Gasteiger partial charge in [0, 0.05) is 17.9 Å². The van der Waals surface area contributed by atoms with Gasteiger partial charge in [0.05, 0.1) is 7.11 Å². The molecule has 1 heterocycles. The minimum atomic E-state index is -0.631. The Morgan fingerprint density at radius 1 is 1.30 bits per heavy atom. The van der Waals surface area contributed by atoms with Gasteiger partial charge in [-0.1, -0.05) is 26.0 Å². The van der Waals surface area contributed by atoms with Crippen LogP contribution in [0.15, 0.2) is 35.9 Å². The molecule has 27 heavy (non-hydrogen) atoms. The Bertz CT molecular complexity index is 885. The highest BCUT2D eigenvalue weighted by molar-refractivity contribution is 5.98. The average molecular weight is 366 g/mol. The molecule has 1 aromatic carbocycles. The van der Waals surface area contributed by atoms with E-state index < -0.39 is 5.97 Å². The number of esters is 1. The molecule has 0 aliphatic carbocycles. The highest BCUT2D eigenvalue weighted by Crippen LogP contribution is 2.20. The van der Waals surface area contributed by atoms with Gasteiger partial charge in [0.2, 0.25) is 0 Å². The number of methoxy groups -OCH3 is 1. The van der Waals surface area contributed by atoms with Gasteiger partial charge >= 0.3 is 5.97 Å². The van der Waals surface area contributed by atoms with Crippen LogP contribution in [0.4, 0.5) is 0 Å². The van der Waals surface area contributed by atoms with Crippen molar-refractivity contribution < 1.29 is 14.3 Å². The highest BCUT2D eigenvalue weighted by atomic mass is 16.5. The first-order chi connectivity index (χ1) is 12.8. The molecule has 5 nitrogen and oxygen atoms in total. The number of aromatic nitrogens is 1. The summed E-state index contributed by atoms with van der Waals surface area (Å²) in [6, 6.07) is 11.2. The van der Waals surface area contributed by atoms with Crippen LogP contribution in [-0.2, 0) is 22.7 Å². The number of benzene rings is 1. The summed E-state index contributed by atoms with van der Waals surface area (Å²) in [4.78, 5) is 12.3. The van der Waals surface area contributed by atoms with Crippen molar-refractivity contribution in [1.82, 2.24) is 4.57 Å². The summed E-state index contributed by atoms with van der Waals surface area (Å²) in [5.74, 6) is 0.570. The summed E-state index contributed by atoms with van der Waals surface area (Å²) >= 11 is 0. The summed E-state index contributed by atoms with van der Waals surface area (Å²) in [5.41, 5.74) is 3.80. The van der Waals surface area contributed by atoms with Gasteiger partial charge in [-0.2, -0.15) is 5.26 Å². The molecule has 5 heteroatoms. The van der Waals surface area contributed by atoms with Crippen LogP contribution < -0.4 is 4.74 Å². The van der Waals surface area contributed by atoms with E-state index in [0.29, 0.717) is 11.7 Å². The third-order valence-corrected chi connectivity index (χ3v) is 4.30. The fourth-order valence-corrected chi connectivity index (χ4v) is 2.90. The molecule has 0 N–H and O–H groups in total. The largest absolute Gasteiger partial charge is 0.497 e. The number of nitrogens with zero attached hydrogens (tertiary/aromatic N) is 2. The third kappa shape index (κ3) is 5.24. The van der Waals surface area contributed by atoms with E-state index in [-0.39, 0.29) is 12.2 Å². The minimum absolute atomic E-state index is 0.0114. The number of hydrogen-bond acceptors (Lipinski definition) is 4. The zero-order valence-corrected chi connectivity index (χ0v) is 16.6. The van der Waals surface area contributed by atoms with Crippen LogP contribution in [-0.4, -0.2) is 17.6 Å². The number of carbonyl (C=O) groups is 1. The zero-order valence-electron chi connectivity index (χ0n) is 16.6. The van der Waals surface area contributed by atoms with Crippen molar-refractivity contribution in [1.29, 1.82) is 5.26 Å².